The van der Waals surface area contributed by atoms with Gasteiger partial charge in [0.15, 0.2) is 0 Å². The van der Waals surface area contributed by atoms with Crippen LogP contribution in [0.3, 0.4) is 0 Å². The molecule has 1 saturated heterocycles. The van der Waals surface area contributed by atoms with Crippen LogP contribution in [-0.4, -0.2) is 54.4 Å². The highest BCUT2D eigenvalue weighted by atomic mass is 16.5. The molecule has 1 aliphatic heterocycles. The number of hydrogen-bond acceptors (Lipinski definition) is 3. The number of carboxylic acid groups (broad SMARTS) is 1. The zero-order valence-electron chi connectivity index (χ0n) is 12.8. The first-order valence-electron chi connectivity index (χ1n) is 7.95. The fraction of sp³-hybridized carbons (Fsp3) is 0.867. The van der Waals surface area contributed by atoms with Crippen molar-refractivity contribution in [1.82, 2.24) is 10.2 Å². The Kier molecular flexibility index (Phi) is 5.45. The molecule has 0 aromatic carbocycles. The van der Waals surface area contributed by atoms with E-state index in [2.05, 4.69) is 5.32 Å². The van der Waals surface area contributed by atoms with Crippen molar-refractivity contribution in [2.45, 2.75) is 51.6 Å². The molecule has 120 valence electrons. The number of ether oxygens (including phenoxy) is 1. The van der Waals surface area contributed by atoms with Gasteiger partial charge in [-0.2, -0.15) is 0 Å². The summed E-state index contributed by atoms with van der Waals surface area (Å²) in [6, 6.07) is -0.141. The number of aliphatic carboxylic acids is 1. The molecule has 2 fully saturated rings. The van der Waals surface area contributed by atoms with Crippen LogP contribution in [0.15, 0.2) is 0 Å². The molecule has 0 radical (unpaired) electrons. The monoisotopic (exact) mass is 298 g/mol. The van der Waals surface area contributed by atoms with Crippen molar-refractivity contribution in [2.75, 3.05) is 26.2 Å². The maximum Gasteiger partial charge on any atom is 0.317 e. The van der Waals surface area contributed by atoms with Crippen LogP contribution in [-0.2, 0) is 9.53 Å². The Morgan fingerprint density at radius 2 is 1.90 bits per heavy atom. The topological polar surface area (TPSA) is 78.9 Å². The summed E-state index contributed by atoms with van der Waals surface area (Å²) in [5.74, 6) is -0.782. The van der Waals surface area contributed by atoms with Gasteiger partial charge in [0.2, 0.25) is 0 Å². The van der Waals surface area contributed by atoms with E-state index in [9.17, 15) is 14.7 Å². The summed E-state index contributed by atoms with van der Waals surface area (Å²) in [6.07, 6.45) is 5.14. The van der Waals surface area contributed by atoms with Crippen molar-refractivity contribution in [3.05, 3.63) is 0 Å². The van der Waals surface area contributed by atoms with Gasteiger partial charge in [0.1, 0.15) is 0 Å². The molecule has 1 aliphatic carbocycles. The number of nitrogens with zero attached hydrogens (tertiary/aromatic N) is 1. The SMILES string of the molecule is CCOC1CCN(C(=O)NCC2(C(=O)O)CCCC2)CC1. The Bertz CT molecular complexity index is 372. The molecule has 0 unspecified atom stereocenters. The van der Waals surface area contributed by atoms with Crippen molar-refractivity contribution in [2.24, 2.45) is 5.41 Å². The van der Waals surface area contributed by atoms with Crippen LogP contribution in [0.5, 0.6) is 0 Å². The number of urea groups is 1. The van der Waals surface area contributed by atoms with Gasteiger partial charge in [0, 0.05) is 26.2 Å². The van der Waals surface area contributed by atoms with Crippen LogP contribution in [0.2, 0.25) is 0 Å². The Morgan fingerprint density at radius 3 is 2.43 bits per heavy atom. The highest BCUT2D eigenvalue weighted by molar-refractivity contribution is 5.78. The number of nitrogens with one attached hydrogen (secondary N) is 1. The molecule has 1 saturated carbocycles. The number of carbonyl (C=O) groups is 2. The number of carboxylic acids is 1. The molecule has 0 spiro atoms. The summed E-state index contributed by atoms with van der Waals surface area (Å²) in [6.45, 7) is 4.28. The number of piperidine rings is 1. The van der Waals surface area contributed by atoms with Gasteiger partial charge in [-0.05, 0) is 32.6 Å². The van der Waals surface area contributed by atoms with Crippen molar-refractivity contribution < 1.29 is 19.4 Å². The van der Waals surface area contributed by atoms with Gasteiger partial charge < -0.3 is 20.1 Å². The van der Waals surface area contributed by atoms with Crippen molar-refractivity contribution in [3.63, 3.8) is 0 Å². The summed E-state index contributed by atoms with van der Waals surface area (Å²) in [5.41, 5.74) is -0.751. The maximum absolute atomic E-state index is 12.2. The van der Waals surface area contributed by atoms with E-state index < -0.39 is 11.4 Å². The largest absolute Gasteiger partial charge is 0.481 e. The Balaban J connectivity index is 1.78. The highest BCUT2D eigenvalue weighted by Gasteiger charge is 2.41. The van der Waals surface area contributed by atoms with Gasteiger partial charge in [-0.15, -0.1) is 0 Å². The van der Waals surface area contributed by atoms with Crippen LogP contribution in [0.4, 0.5) is 4.79 Å². The minimum atomic E-state index is -0.782. The molecule has 1 heterocycles. The van der Waals surface area contributed by atoms with Crippen LogP contribution in [0, 0.1) is 5.41 Å². The lowest BCUT2D eigenvalue weighted by molar-refractivity contribution is -0.148. The molecule has 6 nitrogen and oxygen atoms in total. The first-order valence-corrected chi connectivity index (χ1v) is 7.95. The number of amides is 2. The molecular formula is C15H26N2O4. The summed E-state index contributed by atoms with van der Waals surface area (Å²) in [5, 5.41) is 12.2. The van der Waals surface area contributed by atoms with E-state index >= 15 is 0 Å². The fourth-order valence-corrected chi connectivity index (χ4v) is 3.34. The smallest absolute Gasteiger partial charge is 0.317 e. The number of likely N-dealkylation sites (tertiary alicyclic amines) is 1. The predicted octanol–water partition coefficient (Wildman–Crippen LogP) is 1.84. The van der Waals surface area contributed by atoms with E-state index in [1.54, 1.807) is 4.90 Å². The summed E-state index contributed by atoms with van der Waals surface area (Å²) in [7, 11) is 0. The molecule has 2 N–H and O–H groups in total. The van der Waals surface area contributed by atoms with Gasteiger partial charge in [-0.25, -0.2) is 4.79 Å². The van der Waals surface area contributed by atoms with Crippen molar-refractivity contribution >= 4 is 12.0 Å². The lowest BCUT2D eigenvalue weighted by Crippen LogP contribution is -2.49. The predicted molar refractivity (Wildman–Crippen MR) is 78.2 cm³/mol. The van der Waals surface area contributed by atoms with E-state index in [1.807, 2.05) is 6.92 Å². The van der Waals surface area contributed by atoms with Crippen LogP contribution in [0.25, 0.3) is 0 Å². The Morgan fingerprint density at radius 1 is 1.29 bits per heavy atom. The van der Waals surface area contributed by atoms with E-state index in [0.29, 0.717) is 32.5 Å². The average Bonchev–Trinajstić information content (AvgIpc) is 2.96. The molecule has 0 aromatic rings. The third-order valence-corrected chi connectivity index (χ3v) is 4.72. The summed E-state index contributed by atoms with van der Waals surface area (Å²) in [4.78, 5) is 25.4. The zero-order valence-corrected chi connectivity index (χ0v) is 12.8. The normalized spacial score (nSPS) is 22.2. The lowest BCUT2D eigenvalue weighted by atomic mass is 9.86. The van der Waals surface area contributed by atoms with Gasteiger partial charge in [0.25, 0.3) is 0 Å². The third-order valence-electron chi connectivity index (χ3n) is 4.72. The molecular weight excluding hydrogens is 272 g/mol. The second-order valence-corrected chi connectivity index (χ2v) is 6.09. The Labute approximate surface area is 125 Å². The molecule has 21 heavy (non-hydrogen) atoms. The molecule has 2 rings (SSSR count). The first-order chi connectivity index (χ1) is 10.1. The van der Waals surface area contributed by atoms with Crippen LogP contribution >= 0.6 is 0 Å². The van der Waals surface area contributed by atoms with Crippen molar-refractivity contribution in [1.29, 1.82) is 0 Å². The van der Waals surface area contributed by atoms with Crippen LogP contribution in [0.1, 0.15) is 45.4 Å². The van der Waals surface area contributed by atoms with E-state index in [1.165, 1.54) is 0 Å². The van der Waals surface area contributed by atoms with Crippen LogP contribution < -0.4 is 5.32 Å². The standard InChI is InChI=1S/C15H26N2O4/c1-2-21-12-5-9-17(10-6-12)14(20)16-11-15(13(18)19)7-3-4-8-15/h12H,2-11H2,1H3,(H,16,20)(H,18,19). The molecule has 0 bridgehead atoms. The molecule has 2 amide bonds. The fourth-order valence-electron chi connectivity index (χ4n) is 3.34. The zero-order chi connectivity index (χ0) is 15.3. The van der Waals surface area contributed by atoms with Gasteiger partial charge in [-0.1, -0.05) is 12.8 Å². The minimum Gasteiger partial charge on any atom is -0.481 e. The quantitative estimate of drug-likeness (QED) is 0.812. The van der Waals surface area contributed by atoms with Gasteiger partial charge >= 0.3 is 12.0 Å². The van der Waals surface area contributed by atoms with Gasteiger partial charge in [0.05, 0.1) is 11.5 Å². The second kappa shape index (κ2) is 7.11. The third kappa shape index (κ3) is 3.87. The summed E-state index contributed by atoms with van der Waals surface area (Å²) >= 11 is 0. The average molecular weight is 298 g/mol. The van der Waals surface area contributed by atoms with E-state index in [4.69, 9.17) is 4.74 Å². The number of carbonyl (C=O) groups excluding carboxylic acids is 1. The highest BCUT2D eigenvalue weighted by Crippen LogP contribution is 2.37. The van der Waals surface area contributed by atoms with Crippen molar-refractivity contribution in [3.8, 4) is 0 Å². The maximum atomic E-state index is 12.2. The Hall–Kier alpha value is -1.30. The minimum absolute atomic E-state index is 0.141. The number of rotatable bonds is 5. The second-order valence-electron chi connectivity index (χ2n) is 6.09. The van der Waals surface area contributed by atoms with E-state index in [0.717, 1.165) is 25.7 Å². The van der Waals surface area contributed by atoms with Gasteiger partial charge in [-0.3, -0.25) is 4.79 Å². The first kappa shape index (κ1) is 16.1. The molecule has 0 aromatic heterocycles. The molecule has 6 heteroatoms. The van der Waals surface area contributed by atoms with E-state index in [-0.39, 0.29) is 18.7 Å². The molecule has 2 aliphatic rings. The molecule has 0 atom stereocenters. The lowest BCUT2D eigenvalue weighted by Gasteiger charge is -2.33. The summed E-state index contributed by atoms with van der Waals surface area (Å²) < 4.78 is 5.56. The number of hydrogen-bond donors (Lipinski definition) is 2.